The summed E-state index contributed by atoms with van der Waals surface area (Å²) in [5, 5.41) is 5.31. The molecule has 0 amide bonds. The number of rotatable bonds is 3. The number of hydrogen-bond donors (Lipinski definition) is 1. The number of hydrogen-bond acceptors (Lipinski definition) is 2. The fourth-order valence-corrected chi connectivity index (χ4v) is 2.88. The Labute approximate surface area is 121 Å². The molecule has 0 bridgehead atoms. The van der Waals surface area contributed by atoms with E-state index in [0.717, 1.165) is 5.56 Å². The van der Waals surface area contributed by atoms with Crippen LogP contribution in [0.3, 0.4) is 0 Å². The zero-order chi connectivity index (χ0) is 14.0. The molecular formula is C13H11BrFNO2S. The second kappa shape index (κ2) is 5.81. The lowest BCUT2D eigenvalue weighted by Crippen LogP contribution is -2.02. The van der Waals surface area contributed by atoms with Crippen molar-refractivity contribution in [1.82, 2.24) is 0 Å². The van der Waals surface area contributed by atoms with Gasteiger partial charge in [-0.2, -0.15) is 0 Å². The summed E-state index contributed by atoms with van der Waals surface area (Å²) in [6.45, 7) is 0. The molecule has 6 heteroatoms. The van der Waals surface area contributed by atoms with Crippen molar-refractivity contribution < 1.29 is 13.3 Å². The van der Waals surface area contributed by atoms with Crippen LogP contribution in [-0.4, -0.2) is 11.3 Å². The Hall–Kier alpha value is -1.24. The first-order valence-corrected chi connectivity index (χ1v) is 7.33. The molecule has 0 saturated heterocycles. The highest BCUT2D eigenvalue weighted by molar-refractivity contribution is 9.10. The minimum absolute atomic E-state index is 0.194. The number of methoxy groups -OCH3 is 1. The predicted octanol–water partition coefficient (Wildman–Crippen LogP) is 3.25. The fraction of sp³-hybridized carbons (Fsp3) is 0.0769. The van der Waals surface area contributed by atoms with E-state index in [1.807, 2.05) is 0 Å². The molecule has 19 heavy (non-hydrogen) atoms. The normalized spacial score (nSPS) is 12.2. The standard InChI is InChI=1S/C13H11BrFNO2S/c1-18-13-5-2-8(6-12(13)15)10-4-3-9(19(16)17)7-11(10)14/h2-7H,16H2,1H3. The van der Waals surface area contributed by atoms with Gasteiger partial charge in [0.15, 0.2) is 11.6 Å². The lowest BCUT2D eigenvalue weighted by Gasteiger charge is -2.08. The van der Waals surface area contributed by atoms with Gasteiger partial charge in [-0.3, -0.25) is 0 Å². The van der Waals surface area contributed by atoms with E-state index in [9.17, 15) is 8.60 Å². The summed E-state index contributed by atoms with van der Waals surface area (Å²) < 4.78 is 30.4. The third-order valence-corrected chi connectivity index (χ3v) is 4.01. The van der Waals surface area contributed by atoms with Gasteiger partial charge in [-0.1, -0.05) is 28.1 Å². The molecule has 0 aliphatic rings. The van der Waals surface area contributed by atoms with E-state index >= 15 is 0 Å². The van der Waals surface area contributed by atoms with Crippen molar-refractivity contribution in [2.24, 2.45) is 5.14 Å². The van der Waals surface area contributed by atoms with Crippen LogP contribution in [0.15, 0.2) is 45.8 Å². The monoisotopic (exact) mass is 343 g/mol. The zero-order valence-electron chi connectivity index (χ0n) is 10.0. The van der Waals surface area contributed by atoms with Crippen molar-refractivity contribution in [3.8, 4) is 16.9 Å². The van der Waals surface area contributed by atoms with Crippen LogP contribution in [0.1, 0.15) is 0 Å². The summed E-state index contributed by atoms with van der Waals surface area (Å²) in [6.07, 6.45) is 0. The maximum absolute atomic E-state index is 13.7. The topological polar surface area (TPSA) is 52.3 Å². The van der Waals surface area contributed by atoms with Gasteiger partial charge >= 0.3 is 0 Å². The molecule has 1 unspecified atom stereocenters. The van der Waals surface area contributed by atoms with Gasteiger partial charge in [0, 0.05) is 4.47 Å². The van der Waals surface area contributed by atoms with E-state index < -0.39 is 16.8 Å². The number of ether oxygens (including phenoxy) is 1. The Morgan fingerprint density at radius 3 is 2.53 bits per heavy atom. The molecule has 0 aromatic heterocycles. The number of benzene rings is 2. The first-order valence-electron chi connectivity index (χ1n) is 5.32. The molecule has 0 fully saturated rings. The quantitative estimate of drug-likeness (QED) is 0.929. The minimum Gasteiger partial charge on any atom is -0.494 e. The highest BCUT2D eigenvalue weighted by atomic mass is 79.9. The zero-order valence-corrected chi connectivity index (χ0v) is 12.4. The molecule has 100 valence electrons. The van der Waals surface area contributed by atoms with Crippen molar-refractivity contribution in [2.45, 2.75) is 4.90 Å². The maximum Gasteiger partial charge on any atom is 0.165 e. The van der Waals surface area contributed by atoms with Crippen LogP contribution in [0.4, 0.5) is 4.39 Å². The Balaban J connectivity index is 2.47. The molecule has 2 rings (SSSR count). The average Bonchev–Trinajstić information content (AvgIpc) is 2.38. The molecule has 2 aromatic rings. The van der Waals surface area contributed by atoms with Crippen LogP contribution in [-0.2, 0) is 11.0 Å². The largest absolute Gasteiger partial charge is 0.494 e. The number of nitrogens with two attached hydrogens (primary N) is 1. The lowest BCUT2D eigenvalue weighted by molar-refractivity contribution is 0.386. The van der Waals surface area contributed by atoms with Gasteiger partial charge in [-0.05, 0) is 35.4 Å². The van der Waals surface area contributed by atoms with Crippen LogP contribution in [0.5, 0.6) is 5.75 Å². The Morgan fingerprint density at radius 1 is 1.26 bits per heavy atom. The number of halogens is 2. The fourth-order valence-electron chi connectivity index (χ4n) is 1.69. The van der Waals surface area contributed by atoms with Crippen molar-refractivity contribution in [3.63, 3.8) is 0 Å². The van der Waals surface area contributed by atoms with Crippen LogP contribution in [0.25, 0.3) is 11.1 Å². The first-order chi connectivity index (χ1) is 9.02. The Bertz CT molecular complexity index is 649. The summed E-state index contributed by atoms with van der Waals surface area (Å²) in [5.41, 5.74) is 1.48. The predicted molar refractivity (Wildman–Crippen MR) is 76.7 cm³/mol. The van der Waals surface area contributed by atoms with Gasteiger partial charge in [-0.15, -0.1) is 0 Å². The van der Waals surface area contributed by atoms with E-state index in [4.69, 9.17) is 9.88 Å². The van der Waals surface area contributed by atoms with E-state index in [0.29, 0.717) is 14.9 Å². The minimum atomic E-state index is -1.54. The molecule has 0 aliphatic heterocycles. The van der Waals surface area contributed by atoms with Crippen LogP contribution < -0.4 is 9.88 Å². The maximum atomic E-state index is 13.7. The summed E-state index contributed by atoms with van der Waals surface area (Å²) >= 11 is 3.37. The summed E-state index contributed by atoms with van der Waals surface area (Å²) in [6, 6.07) is 9.75. The van der Waals surface area contributed by atoms with Crippen LogP contribution >= 0.6 is 15.9 Å². The molecule has 2 N–H and O–H groups in total. The van der Waals surface area contributed by atoms with E-state index in [-0.39, 0.29) is 5.75 Å². The van der Waals surface area contributed by atoms with Crippen LogP contribution in [0.2, 0.25) is 0 Å². The van der Waals surface area contributed by atoms with Gasteiger partial charge in [0.05, 0.1) is 12.0 Å². The second-order valence-corrected chi connectivity index (χ2v) is 5.71. The van der Waals surface area contributed by atoms with Gasteiger partial charge in [0.25, 0.3) is 0 Å². The molecule has 0 spiro atoms. The van der Waals surface area contributed by atoms with Crippen molar-refractivity contribution in [3.05, 3.63) is 46.7 Å². The van der Waals surface area contributed by atoms with Gasteiger partial charge in [0.1, 0.15) is 11.0 Å². The summed E-state index contributed by atoms with van der Waals surface area (Å²) in [7, 11) is -0.121. The Morgan fingerprint density at radius 2 is 2.00 bits per heavy atom. The van der Waals surface area contributed by atoms with Crippen molar-refractivity contribution in [2.75, 3.05) is 7.11 Å². The van der Waals surface area contributed by atoms with Crippen molar-refractivity contribution in [1.29, 1.82) is 0 Å². The van der Waals surface area contributed by atoms with E-state index in [1.165, 1.54) is 13.2 Å². The highest BCUT2D eigenvalue weighted by Crippen LogP contribution is 2.32. The van der Waals surface area contributed by atoms with Gasteiger partial charge < -0.3 is 4.74 Å². The molecule has 1 atom stereocenters. The molecule has 3 nitrogen and oxygen atoms in total. The molecule has 0 aliphatic carbocycles. The average molecular weight is 344 g/mol. The summed E-state index contributed by atoms with van der Waals surface area (Å²) in [4.78, 5) is 0.504. The van der Waals surface area contributed by atoms with E-state index in [2.05, 4.69) is 15.9 Å². The van der Waals surface area contributed by atoms with E-state index in [1.54, 1.807) is 30.3 Å². The molecule has 2 aromatic carbocycles. The highest BCUT2D eigenvalue weighted by Gasteiger charge is 2.09. The molecule has 0 radical (unpaired) electrons. The second-order valence-electron chi connectivity index (χ2n) is 3.79. The van der Waals surface area contributed by atoms with Gasteiger partial charge in [-0.25, -0.2) is 13.7 Å². The Kier molecular flexibility index (Phi) is 4.34. The first kappa shape index (κ1) is 14.2. The van der Waals surface area contributed by atoms with Crippen molar-refractivity contribution >= 4 is 26.9 Å². The molecule has 0 heterocycles. The SMILES string of the molecule is COc1ccc(-c2ccc(S(N)=O)cc2Br)cc1F. The molecular weight excluding hydrogens is 333 g/mol. The third-order valence-electron chi connectivity index (χ3n) is 2.64. The lowest BCUT2D eigenvalue weighted by atomic mass is 10.1. The smallest absolute Gasteiger partial charge is 0.165 e. The molecule has 0 saturated carbocycles. The van der Waals surface area contributed by atoms with Crippen LogP contribution in [0, 0.1) is 5.82 Å². The third kappa shape index (κ3) is 3.02. The van der Waals surface area contributed by atoms with Gasteiger partial charge in [0.2, 0.25) is 0 Å². The summed E-state index contributed by atoms with van der Waals surface area (Å²) in [5.74, 6) is -0.238.